The van der Waals surface area contributed by atoms with Gasteiger partial charge in [-0.1, -0.05) is 50.2 Å². The quantitative estimate of drug-likeness (QED) is 0.480. The first-order valence-corrected chi connectivity index (χ1v) is 9.91. The maximum atomic E-state index is 13.3. The molecule has 1 aliphatic heterocycles. The first-order chi connectivity index (χ1) is 13.8. The SMILES string of the molecule is CC1(C)CC(=O)C2=C(C1)c1c(ccc3ccccc13)NC2c1ccc(O)c(O)c1. The van der Waals surface area contributed by atoms with E-state index in [0.717, 1.165) is 45.2 Å². The Morgan fingerprint density at radius 2 is 1.76 bits per heavy atom. The van der Waals surface area contributed by atoms with E-state index in [9.17, 15) is 15.0 Å². The molecule has 1 unspecified atom stereocenters. The van der Waals surface area contributed by atoms with Crippen LogP contribution in [0.2, 0.25) is 0 Å². The summed E-state index contributed by atoms with van der Waals surface area (Å²) < 4.78 is 0. The minimum Gasteiger partial charge on any atom is -0.504 e. The highest BCUT2D eigenvalue weighted by Crippen LogP contribution is 2.52. The Bertz CT molecular complexity index is 1210. The third-order valence-electron chi connectivity index (χ3n) is 6.07. The number of phenolic OH excluding ortho intramolecular Hbond substituents is 2. The fourth-order valence-corrected chi connectivity index (χ4v) is 4.81. The fourth-order valence-electron chi connectivity index (χ4n) is 4.81. The minimum absolute atomic E-state index is 0.108. The van der Waals surface area contributed by atoms with Crippen molar-refractivity contribution in [3.63, 3.8) is 0 Å². The molecule has 29 heavy (non-hydrogen) atoms. The molecule has 1 heterocycles. The second kappa shape index (κ2) is 6.11. The van der Waals surface area contributed by atoms with Crippen LogP contribution < -0.4 is 5.32 Å². The minimum atomic E-state index is -0.353. The molecular weight excluding hydrogens is 362 g/mol. The summed E-state index contributed by atoms with van der Waals surface area (Å²) in [5.74, 6) is -0.208. The number of fused-ring (bicyclic) bond motifs is 4. The number of anilines is 1. The lowest BCUT2D eigenvalue weighted by molar-refractivity contribution is -0.118. The van der Waals surface area contributed by atoms with Crippen LogP contribution >= 0.6 is 0 Å². The molecule has 4 heteroatoms. The van der Waals surface area contributed by atoms with Crippen molar-refractivity contribution in [2.45, 2.75) is 32.7 Å². The molecule has 2 aliphatic rings. The normalized spacial score (nSPS) is 20.2. The molecule has 3 N–H and O–H groups in total. The number of hydrogen-bond acceptors (Lipinski definition) is 4. The topological polar surface area (TPSA) is 69.6 Å². The number of nitrogens with one attached hydrogen (secondary N) is 1. The summed E-state index contributed by atoms with van der Waals surface area (Å²) in [6.45, 7) is 4.28. The first-order valence-electron chi connectivity index (χ1n) is 9.91. The Morgan fingerprint density at radius 1 is 0.966 bits per heavy atom. The molecule has 3 aromatic rings. The molecule has 4 nitrogen and oxygen atoms in total. The summed E-state index contributed by atoms with van der Waals surface area (Å²) in [6.07, 6.45) is 1.31. The average molecular weight is 385 g/mol. The number of benzene rings is 3. The fraction of sp³-hybridized carbons (Fsp3) is 0.240. The maximum Gasteiger partial charge on any atom is 0.162 e. The van der Waals surface area contributed by atoms with E-state index in [1.807, 2.05) is 12.1 Å². The Balaban J connectivity index is 1.80. The second-order valence-electron chi connectivity index (χ2n) is 8.87. The molecule has 0 radical (unpaired) electrons. The Labute approximate surface area is 169 Å². The first kappa shape index (κ1) is 17.8. The van der Waals surface area contributed by atoms with E-state index >= 15 is 0 Å². The van der Waals surface area contributed by atoms with Crippen molar-refractivity contribution in [1.29, 1.82) is 0 Å². The highest BCUT2D eigenvalue weighted by molar-refractivity contribution is 6.12. The van der Waals surface area contributed by atoms with Crippen LogP contribution in [0.25, 0.3) is 16.3 Å². The van der Waals surface area contributed by atoms with Gasteiger partial charge in [0, 0.05) is 23.2 Å². The van der Waals surface area contributed by atoms with Crippen LogP contribution in [-0.4, -0.2) is 16.0 Å². The standard InChI is InChI=1S/C25H23NO3/c1-25(2)12-17-22-16-6-4-3-5-14(16)7-9-18(22)26-24(23(17)21(29)13-25)15-8-10-19(27)20(28)11-15/h3-11,24,26-28H,12-13H2,1-2H3. The van der Waals surface area contributed by atoms with Crippen molar-refractivity contribution in [3.05, 3.63) is 71.3 Å². The summed E-state index contributed by atoms with van der Waals surface area (Å²) in [5, 5.41) is 25.6. The summed E-state index contributed by atoms with van der Waals surface area (Å²) in [5.41, 5.74) is 4.62. The summed E-state index contributed by atoms with van der Waals surface area (Å²) in [4.78, 5) is 13.3. The molecule has 0 saturated heterocycles. The largest absolute Gasteiger partial charge is 0.504 e. The van der Waals surface area contributed by atoms with E-state index in [0.29, 0.717) is 6.42 Å². The van der Waals surface area contributed by atoms with Gasteiger partial charge in [-0.2, -0.15) is 0 Å². The van der Waals surface area contributed by atoms with E-state index in [1.54, 1.807) is 6.07 Å². The van der Waals surface area contributed by atoms with Crippen molar-refractivity contribution in [2.24, 2.45) is 5.41 Å². The predicted octanol–water partition coefficient (Wildman–Crippen LogP) is 5.56. The van der Waals surface area contributed by atoms with Crippen LogP contribution in [-0.2, 0) is 4.79 Å². The molecule has 0 fully saturated rings. The number of carbonyl (C=O) groups is 1. The number of Topliss-reactive ketones (excluding diaryl/α,β-unsaturated/α-hetero) is 1. The zero-order valence-corrected chi connectivity index (χ0v) is 16.5. The second-order valence-corrected chi connectivity index (χ2v) is 8.87. The Hall–Kier alpha value is -3.27. The zero-order valence-electron chi connectivity index (χ0n) is 16.5. The summed E-state index contributed by atoms with van der Waals surface area (Å²) >= 11 is 0. The highest BCUT2D eigenvalue weighted by atomic mass is 16.3. The third kappa shape index (κ3) is 2.79. The van der Waals surface area contributed by atoms with Crippen molar-refractivity contribution in [1.82, 2.24) is 0 Å². The Kier molecular flexibility index (Phi) is 3.75. The number of allylic oxidation sites excluding steroid dienone is 1. The van der Waals surface area contributed by atoms with Gasteiger partial charge in [-0.3, -0.25) is 4.79 Å². The summed E-state index contributed by atoms with van der Waals surface area (Å²) in [6, 6.07) is 16.8. The van der Waals surface area contributed by atoms with Gasteiger partial charge in [-0.05, 0) is 51.9 Å². The van der Waals surface area contributed by atoms with Crippen LogP contribution in [0.3, 0.4) is 0 Å². The van der Waals surface area contributed by atoms with Crippen LogP contribution in [0.15, 0.2) is 60.2 Å². The van der Waals surface area contributed by atoms with Crippen LogP contribution in [0.1, 0.15) is 43.9 Å². The lowest BCUT2D eigenvalue weighted by atomic mass is 9.68. The predicted molar refractivity (Wildman–Crippen MR) is 115 cm³/mol. The van der Waals surface area contributed by atoms with Crippen molar-refractivity contribution >= 4 is 27.8 Å². The van der Waals surface area contributed by atoms with Gasteiger partial charge in [-0.15, -0.1) is 0 Å². The monoisotopic (exact) mass is 385 g/mol. The van der Waals surface area contributed by atoms with Crippen LogP contribution in [0.4, 0.5) is 5.69 Å². The number of phenols is 2. The molecule has 1 atom stereocenters. The molecule has 1 aliphatic carbocycles. The lowest BCUT2D eigenvalue weighted by Gasteiger charge is -2.40. The van der Waals surface area contributed by atoms with Gasteiger partial charge in [-0.25, -0.2) is 0 Å². The number of hydrogen-bond donors (Lipinski definition) is 3. The van der Waals surface area contributed by atoms with E-state index < -0.39 is 0 Å². The number of carbonyl (C=O) groups excluding carboxylic acids is 1. The summed E-state index contributed by atoms with van der Waals surface area (Å²) in [7, 11) is 0. The third-order valence-corrected chi connectivity index (χ3v) is 6.07. The highest BCUT2D eigenvalue weighted by Gasteiger charge is 2.40. The molecule has 5 rings (SSSR count). The molecule has 0 amide bonds. The number of ketones is 1. The van der Waals surface area contributed by atoms with E-state index in [2.05, 4.69) is 43.4 Å². The lowest BCUT2D eigenvalue weighted by Crippen LogP contribution is -2.33. The average Bonchev–Trinajstić information content (AvgIpc) is 2.68. The van der Waals surface area contributed by atoms with Gasteiger partial charge in [0.05, 0.1) is 6.04 Å². The van der Waals surface area contributed by atoms with E-state index in [4.69, 9.17) is 0 Å². The molecule has 0 aromatic heterocycles. The van der Waals surface area contributed by atoms with Gasteiger partial charge in [0.15, 0.2) is 17.3 Å². The zero-order chi connectivity index (χ0) is 20.3. The van der Waals surface area contributed by atoms with Crippen molar-refractivity contribution in [3.8, 4) is 11.5 Å². The Morgan fingerprint density at radius 3 is 2.55 bits per heavy atom. The van der Waals surface area contributed by atoms with Gasteiger partial charge >= 0.3 is 0 Å². The van der Waals surface area contributed by atoms with Crippen molar-refractivity contribution in [2.75, 3.05) is 5.32 Å². The van der Waals surface area contributed by atoms with Crippen LogP contribution in [0.5, 0.6) is 11.5 Å². The smallest absolute Gasteiger partial charge is 0.162 e. The molecule has 146 valence electrons. The van der Waals surface area contributed by atoms with Gasteiger partial charge < -0.3 is 15.5 Å². The number of aromatic hydroxyl groups is 2. The number of rotatable bonds is 1. The van der Waals surface area contributed by atoms with E-state index in [1.165, 1.54) is 12.1 Å². The molecule has 0 saturated carbocycles. The van der Waals surface area contributed by atoms with Gasteiger partial charge in [0.25, 0.3) is 0 Å². The molecular formula is C25H23NO3. The van der Waals surface area contributed by atoms with Crippen LogP contribution in [0, 0.1) is 5.41 Å². The maximum absolute atomic E-state index is 13.3. The van der Waals surface area contributed by atoms with Crippen molar-refractivity contribution < 1.29 is 15.0 Å². The van der Waals surface area contributed by atoms with Gasteiger partial charge in [0.2, 0.25) is 0 Å². The van der Waals surface area contributed by atoms with Gasteiger partial charge in [0.1, 0.15) is 0 Å². The molecule has 0 bridgehead atoms. The molecule has 0 spiro atoms. The van der Waals surface area contributed by atoms with E-state index in [-0.39, 0.29) is 28.7 Å². The molecule has 3 aromatic carbocycles.